The molecule has 1 fully saturated rings. The Morgan fingerprint density at radius 2 is 1.84 bits per heavy atom. The van der Waals surface area contributed by atoms with E-state index in [1.165, 1.54) is 16.6 Å². The number of anilines is 2. The Labute approximate surface area is 191 Å². The van der Waals surface area contributed by atoms with Crippen molar-refractivity contribution in [3.63, 3.8) is 0 Å². The largest absolute Gasteiger partial charge is 0.357 e. The maximum absolute atomic E-state index is 12.5. The molecule has 0 radical (unpaired) electrons. The van der Waals surface area contributed by atoms with Crippen molar-refractivity contribution in [2.24, 2.45) is 0 Å². The topological polar surface area (TPSA) is 78.0 Å². The Hall–Kier alpha value is -3.29. The highest BCUT2D eigenvalue weighted by Crippen LogP contribution is 2.27. The number of benzene rings is 2. The number of nitrogens with one attached hydrogen (secondary N) is 3. The average molecular weight is 449 g/mol. The maximum Gasteiger partial charge on any atom is 0.324 e. The Balaban J connectivity index is 1.18. The van der Waals surface area contributed by atoms with Crippen molar-refractivity contribution in [1.82, 2.24) is 19.7 Å². The van der Waals surface area contributed by atoms with Gasteiger partial charge in [0, 0.05) is 36.9 Å². The molecule has 0 saturated carbocycles. The molecule has 0 aliphatic carbocycles. The molecule has 32 heavy (non-hydrogen) atoms. The summed E-state index contributed by atoms with van der Waals surface area (Å²) < 4.78 is 1.92. The van der Waals surface area contributed by atoms with Crippen LogP contribution in [0, 0.1) is 0 Å². The third kappa shape index (κ3) is 4.49. The normalized spacial score (nSPS) is 15.2. The summed E-state index contributed by atoms with van der Waals surface area (Å²) in [6.45, 7) is 2.86. The van der Waals surface area contributed by atoms with Crippen LogP contribution in [0.15, 0.2) is 66.9 Å². The second kappa shape index (κ2) is 9.06. The molecule has 1 aliphatic heterocycles. The van der Waals surface area contributed by atoms with Gasteiger partial charge in [0.25, 0.3) is 0 Å². The number of H-pyrrole nitrogens is 1. The third-order valence-electron chi connectivity index (χ3n) is 5.92. The summed E-state index contributed by atoms with van der Waals surface area (Å²) in [5.74, 6) is 0.684. The number of fused-ring (bicyclic) bond motifs is 1. The lowest BCUT2D eigenvalue weighted by Crippen LogP contribution is -2.35. The molecule has 0 bridgehead atoms. The molecule has 4 aromatic rings. The Morgan fingerprint density at radius 3 is 2.66 bits per heavy atom. The van der Waals surface area contributed by atoms with Gasteiger partial charge in [-0.05, 0) is 42.5 Å². The fourth-order valence-corrected chi connectivity index (χ4v) is 4.50. The van der Waals surface area contributed by atoms with Gasteiger partial charge in [0.1, 0.15) is 5.82 Å². The third-order valence-corrected chi connectivity index (χ3v) is 6.25. The first-order valence-electron chi connectivity index (χ1n) is 10.8. The smallest absolute Gasteiger partial charge is 0.324 e. The lowest BCUT2D eigenvalue weighted by molar-refractivity contribution is 0.173. The van der Waals surface area contributed by atoms with Crippen LogP contribution in [0.1, 0.15) is 24.6 Å². The van der Waals surface area contributed by atoms with Gasteiger partial charge in [-0.2, -0.15) is 5.10 Å². The first kappa shape index (κ1) is 20.6. The van der Waals surface area contributed by atoms with E-state index < -0.39 is 0 Å². The fraction of sp³-hybridized carbons (Fsp3) is 0.250. The number of carbonyl (C=O) groups excluding carboxylic acids is 1. The van der Waals surface area contributed by atoms with Gasteiger partial charge in [-0.25, -0.2) is 9.48 Å². The fourth-order valence-electron chi connectivity index (χ4n) is 4.32. The predicted molar refractivity (Wildman–Crippen MR) is 128 cm³/mol. The standard InChI is InChI=1S/C24H25ClN6O/c25-20-6-2-4-8-22(20)28-24(32)29-23-9-12-26-31(23)19-10-13-30(14-11-19)16-18-15-17-5-1-3-7-21(17)27-18/h1-9,12,15,19,27H,10-11,13-14,16H2,(H2,28,29,32). The zero-order valence-corrected chi connectivity index (χ0v) is 18.3. The molecule has 1 aliphatic rings. The lowest BCUT2D eigenvalue weighted by Gasteiger charge is -2.32. The number of aromatic amines is 1. The summed E-state index contributed by atoms with van der Waals surface area (Å²) in [4.78, 5) is 18.4. The molecule has 7 nitrogen and oxygen atoms in total. The van der Waals surface area contributed by atoms with E-state index in [0.29, 0.717) is 16.5 Å². The van der Waals surface area contributed by atoms with E-state index in [-0.39, 0.29) is 12.1 Å². The number of amides is 2. The lowest BCUT2D eigenvalue weighted by atomic mass is 10.1. The number of hydrogen-bond acceptors (Lipinski definition) is 3. The number of rotatable bonds is 5. The van der Waals surface area contributed by atoms with Gasteiger partial charge >= 0.3 is 6.03 Å². The van der Waals surface area contributed by atoms with Crippen LogP contribution in [-0.4, -0.2) is 38.8 Å². The molecule has 8 heteroatoms. The van der Waals surface area contributed by atoms with Crippen molar-refractivity contribution in [3.8, 4) is 0 Å². The summed E-state index contributed by atoms with van der Waals surface area (Å²) in [6.07, 6.45) is 3.67. The minimum absolute atomic E-state index is 0.250. The highest BCUT2D eigenvalue weighted by atomic mass is 35.5. The SMILES string of the molecule is O=C(Nc1ccccc1Cl)Nc1ccnn1C1CCN(Cc2cc3ccccc3[nH]2)CC1. The maximum atomic E-state index is 12.5. The molecule has 3 N–H and O–H groups in total. The number of carbonyl (C=O) groups is 1. The number of nitrogens with zero attached hydrogens (tertiary/aromatic N) is 3. The Kier molecular flexibility index (Phi) is 5.83. The van der Waals surface area contributed by atoms with Crippen LogP contribution in [0.4, 0.5) is 16.3 Å². The number of para-hydroxylation sites is 2. The average Bonchev–Trinajstić information content (AvgIpc) is 3.42. The molecule has 164 valence electrons. The molecule has 5 rings (SSSR count). The zero-order valence-electron chi connectivity index (χ0n) is 17.6. The van der Waals surface area contributed by atoms with Crippen molar-refractivity contribution in [1.29, 1.82) is 0 Å². The molecule has 0 unspecified atom stereocenters. The Morgan fingerprint density at radius 1 is 1.06 bits per heavy atom. The van der Waals surface area contributed by atoms with Gasteiger partial charge in [0.2, 0.25) is 0 Å². The van der Waals surface area contributed by atoms with Crippen molar-refractivity contribution >= 4 is 40.0 Å². The van der Waals surface area contributed by atoms with E-state index >= 15 is 0 Å². The minimum Gasteiger partial charge on any atom is -0.357 e. The van der Waals surface area contributed by atoms with Crippen LogP contribution in [0.2, 0.25) is 5.02 Å². The monoisotopic (exact) mass is 448 g/mol. The van der Waals surface area contributed by atoms with E-state index in [1.807, 2.05) is 22.9 Å². The highest BCUT2D eigenvalue weighted by molar-refractivity contribution is 6.33. The molecular weight excluding hydrogens is 424 g/mol. The molecular formula is C24H25ClN6O. The summed E-state index contributed by atoms with van der Waals surface area (Å²) >= 11 is 6.13. The number of piperidine rings is 1. The van der Waals surface area contributed by atoms with Gasteiger partial charge < -0.3 is 10.3 Å². The molecule has 0 atom stereocenters. The molecule has 2 aromatic heterocycles. The van der Waals surface area contributed by atoms with Crippen molar-refractivity contribution < 1.29 is 4.79 Å². The quantitative estimate of drug-likeness (QED) is 0.377. The van der Waals surface area contributed by atoms with Crippen LogP contribution in [-0.2, 0) is 6.54 Å². The van der Waals surface area contributed by atoms with E-state index in [2.05, 4.69) is 55.9 Å². The first-order chi connectivity index (χ1) is 15.7. The number of urea groups is 1. The van der Waals surface area contributed by atoms with Gasteiger partial charge in [-0.3, -0.25) is 10.2 Å². The van der Waals surface area contributed by atoms with Gasteiger partial charge in [-0.1, -0.05) is 41.9 Å². The highest BCUT2D eigenvalue weighted by Gasteiger charge is 2.23. The summed E-state index contributed by atoms with van der Waals surface area (Å²) in [5, 5.41) is 11.9. The molecule has 2 aromatic carbocycles. The first-order valence-corrected chi connectivity index (χ1v) is 11.2. The van der Waals surface area contributed by atoms with Crippen molar-refractivity contribution in [3.05, 3.63) is 77.6 Å². The zero-order chi connectivity index (χ0) is 21.9. The molecule has 0 spiro atoms. The number of aromatic nitrogens is 3. The molecule has 2 amide bonds. The van der Waals surface area contributed by atoms with Crippen molar-refractivity contribution in [2.45, 2.75) is 25.4 Å². The molecule has 3 heterocycles. The second-order valence-electron chi connectivity index (χ2n) is 8.11. The van der Waals surface area contributed by atoms with Crippen LogP contribution in [0.3, 0.4) is 0 Å². The van der Waals surface area contributed by atoms with Gasteiger partial charge in [0.15, 0.2) is 0 Å². The van der Waals surface area contributed by atoms with Crippen LogP contribution in [0.25, 0.3) is 10.9 Å². The number of halogens is 1. The summed E-state index contributed by atoms with van der Waals surface area (Å²) in [6, 6.07) is 19.5. The predicted octanol–water partition coefficient (Wildman–Crippen LogP) is 5.50. The minimum atomic E-state index is -0.337. The summed E-state index contributed by atoms with van der Waals surface area (Å²) in [7, 11) is 0. The van der Waals surface area contributed by atoms with Crippen LogP contribution < -0.4 is 10.6 Å². The molecule has 1 saturated heterocycles. The summed E-state index contributed by atoms with van der Waals surface area (Å²) in [5.41, 5.74) is 2.99. The number of likely N-dealkylation sites (tertiary alicyclic amines) is 1. The second-order valence-corrected chi connectivity index (χ2v) is 8.52. The Bertz CT molecular complexity index is 1190. The van der Waals surface area contributed by atoms with E-state index in [0.717, 1.165) is 32.5 Å². The number of hydrogen-bond donors (Lipinski definition) is 3. The van der Waals surface area contributed by atoms with Crippen molar-refractivity contribution in [2.75, 3.05) is 23.7 Å². The van der Waals surface area contributed by atoms with E-state index in [1.54, 1.807) is 18.3 Å². The van der Waals surface area contributed by atoms with Gasteiger partial charge in [-0.15, -0.1) is 0 Å². The van der Waals surface area contributed by atoms with E-state index in [9.17, 15) is 4.79 Å². The van der Waals surface area contributed by atoms with Crippen LogP contribution >= 0.6 is 11.6 Å². The van der Waals surface area contributed by atoms with Crippen LogP contribution in [0.5, 0.6) is 0 Å². The van der Waals surface area contributed by atoms with Gasteiger partial charge in [0.05, 0.1) is 22.9 Å². The van der Waals surface area contributed by atoms with E-state index in [4.69, 9.17) is 11.6 Å².